The van der Waals surface area contributed by atoms with Crippen molar-refractivity contribution in [2.75, 3.05) is 12.8 Å². The molecule has 1 aliphatic carbocycles. The van der Waals surface area contributed by atoms with Crippen LogP contribution in [0.1, 0.15) is 33.8 Å². The number of nitrogens with zero attached hydrogens (tertiary/aromatic N) is 1. The number of amides is 1. The molecule has 0 unspecified atom stereocenters. The highest BCUT2D eigenvalue weighted by atomic mass is 32.2. The predicted molar refractivity (Wildman–Crippen MR) is 95.7 cm³/mol. The van der Waals surface area contributed by atoms with Gasteiger partial charge in [-0.25, -0.2) is 0 Å². The third-order valence-corrected chi connectivity index (χ3v) is 5.92. The Kier molecular flexibility index (Phi) is 4.92. The summed E-state index contributed by atoms with van der Waals surface area (Å²) in [5.41, 5.74) is 1.82. The lowest BCUT2D eigenvalue weighted by Crippen LogP contribution is -2.25. The second-order valence-corrected chi connectivity index (χ2v) is 7.71. The van der Waals surface area contributed by atoms with Gasteiger partial charge in [0.15, 0.2) is 0 Å². The molecular formula is C17H20N2O2S2. The Balaban J connectivity index is 1.76. The van der Waals surface area contributed by atoms with Gasteiger partial charge in [0.05, 0.1) is 6.54 Å². The van der Waals surface area contributed by atoms with E-state index < -0.39 is 0 Å². The standard InChI is InChI=1S/C17H20N2O2S2/c1-11-15(16(20)18-9-12-3-4-12)23-17(21)19(11)10-13-5-7-14(22-2)8-6-13/h5-8,12H,3-4,9-10H2,1-2H3,(H,18,20). The van der Waals surface area contributed by atoms with Gasteiger partial charge in [-0.3, -0.25) is 14.2 Å². The average molecular weight is 348 g/mol. The van der Waals surface area contributed by atoms with Gasteiger partial charge in [0.1, 0.15) is 4.88 Å². The van der Waals surface area contributed by atoms with Crippen molar-refractivity contribution in [2.24, 2.45) is 5.92 Å². The van der Waals surface area contributed by atoms with E-state index in [1.807, 2.05) is 25.3 Å². The molecule has 122 valence electrons. The van der Waals surface area contributed by atoms with Crippen LogP contribution in [0, 0.1) is 12.8 Å². The first kappa shape index (κ1) is 16.3. The molecule has 0 aliphatic heterocycles. The molecule has 1 aromatic heterocycles. The largest absolute Gasteiger partial charge is 0.351 e. The summed E-state index contributed by atoms with van der Waals surface area (Å²) in [7, 11) is 0. The van der Waals surface area contributed by atoms with Gasteiger partial charge in [-0.2, -0.15) is 0 Å². The number of thioether (sulfide) groups is 1. The van der Waals surface area contributed by atoms with Crippen molar-refractivity contribution in [1.82, 2.24) is 9.88 Å². The van der Waals surface area contributed by atoms with E-state index in [1.54, 1.807) is 16.3 Å². The number of hydrogen-bond acceptors (Lipinski definition) is 4. The molecular weight excluding hydrogens is 328 g/mol. The minimum absolute atomic E-state index is 0.0759. The zero-order valence-electron chi connectivity index (χ0n) is 13.3. The number of hydrogen-bond donors (Lipinski definition) is 1. The van der Waals surface area contributed by atoms with E-state index in [2.05, 4.69) is 17.4 Å². The lowest BCUT2D eigenvalue weighted by molar-refractivity contribution is 0.0954. The zero-order valence-corrected chi connectivity index (χ0v) is 14.9. The van der Waals surface area contributed by atoms with Crippen molar-refractivity contribution in [1.29, 1.82) is 0 Å². The highest BCUT2D eigenvalue weighted by Gasteiger charge is 2.23. The highest BCUT2D eigenvalue weighted by molar-refractivity contribution is 7.98. The molecule has 1 heterocycles. The molecule has 1 amide bonds. The van der Waals surface area contributed by atoms with E-state index in [-0.39, 0.29) is 10.8 Å². The molecule has 0 saturated heterocycles. The second-order valence-electron chi connectivity index (χ2n) is 5.87. The van der Waals surface area contributed by atoms with Crippen molar-refractivity contribution in [2.45, 2.75) is 31.2 Å². The Morgan fingerprint density at radius 1 is 1.35 bits per heavy atom. The minimum Gasteiger partial charge on any atom is -0.351 e. The van der Waals surface area contributed by atoms with Crippen molar-refractivity contribution in [3.05, 3.63) is 50.1 Å². The number of nitrogens with one attached hydrogen (secondary N) is 1. The summed E-state index contributed by atoms with van der Waals surface area (Å²) < 4.78 is 1.69. The topological polar surface area (TPSA) is 51.1 Å². The molecule has 2 aromatic rings. The van der Waals surface area contributed by atoms with E-state index in [1.165, 1.54) is 17.7 Å². The molecule has 0 bridgehead atoms. The van der Waals surface area contributed by atoms with E-state index in [0.717, 1.165) is 29.1 Å². The van der Waals surface area contributed by atoms with Crippen LogP contribution in [0.3, 0.4) is 0 Å². The summed E-state index contributed by atoms with van der Waals surface area (Å²) in [4.78, 5) is 26.1. The van der Waals surface area contributed by atoms with Crippen molar-refractivity contribution in [3.63, 3.8) is 0 Å². The third-order valence-electron chi connectivity index (χ3n) is 4.10. The number of aromatic nitrogens is 1. The third kappa shape index (κ3) is 3.87. The molecule has 4 nitrogen and oxygen atoms in total. The molecule has 1 fully saturated rings. The molecule has 6 heteroatoms. The Bertz CT molecular complexity index is 758. The first-order chi connectivity index (χ1) is 11.1. The van der Waals surface area contributed by atoms with E-state index in [4.69, 9.17) is 0 Å². The Labute approximate surface area is 143 Å². The number of carbonyl (C=O) groups is 1. The van der Waals surface area contributed by atoms with Crippen LogP contribution in [-0.2, 0) is 6.54 Å². The van der Waals surface area contributed by atoms with Crippen LogP contribution in [0.15, 0.2) is 34.0 Å². The Hall–Kier alpha value is -1.53. The number of rotatable bonds is 6. The van der Waals surface area contributed by atoms with E-state index in [9.17, 15) is 9.59 Å². The highest BCUT2D eigenvalue weighted by Crippen LogP contribution is 2.27. The maximum atomic E-state index is 12.2. The van der Waals surface area contributed by atoms with Gasteiger partial charge < -0.3 is 5.32 Å². The summed E-state index contributed by atoms with van der Waals surface area (Å²) in [5, 5.41) is 2.94. The van der Waals surface area contributed by atoms with Gasteiger partial charge in [-0.05, 0) is 49.6 Å². The summed E-state index contributed by atoms with van der Waals surface area (Å²) in [6.07, 6.45) is 4.43. The fraction of sp³-hybridized carbons (Fsp3) is 0.412. The molecule has 23 heavy (non-hydrogen) atoms. The van der Waals surface area contributed by atoms with Crippen LogP contribution in [0.25, 0.3) is 0 Å². The first-order valence-electron chi connectivity index (χ1n) is 7.70. The number of carbonyl (C=O) groups excluding carboxylic acids is 1. The maximum absolute atomic E-state index is 12.2. The van der Waals surface area contributed by atoms with Crippen LogP contribution in [-0.4, -0.2) is 23.3 Å². The average Bonchev–Trinajstić information content (AvgIpc) is 3.35. The summed E-state index contributed by atoms with van der Waals surface area (Å²) >= 11 is 2.73. The monoisotopic (exact) mass is 348 g/mol. The van der Waals surface area contributed by atoms with Crippen LogP contribution in [0.4, 0.5) is 0 Å². The van der Waals surface area contributed by atoms with Crippen molar-refractivity contribution < 1.29 is 4.79 Å². The van der Waals surface area contributed by atoms with Gasteiger partial charge >= 0.3 is 4.87 Å². The van der Waals surface area contributed by atoms with Crippen LogP contribution < -0.4 is 10.2 Å². The molecule has 1 aliphatic rings. The smallest absolute Gasteiger partial charge is 0.308 e. The minimum atomic E-state index is -0.118. The summed E-state index contributed by atoms with van der Waals surface area (Å²) in [6.45, 7) is 3.08. The predicted octanol–water partition coefficient (Wildman–Crippen LogP) is 3.13. The van der Waals surface area contributed by atoms with E-state index >= 15 is 0 Å². The number of thiazole rings is 1. The maximum Gasteiger partial charge on any atom is 0.308 e. The van der Waals surface area contributed by atoms with Crippen LogP contribution in [0.2, 0.25) is 0 Å². The van der Waals surface area contributed by atoms with Gasteiger partial charge in [0, 0.05) is 17.1 Å². The molecule has 3 rings (SSSR count). The molecule has 0 atom stereocenters. The van der Waals surface area contributed by atoms with Gasteiger partial charge in [-0.1, -0.05) is 23.5 Å². The fourth-order valence-corrected chi connectivity index (χ4v) is 3.74. The number of benzene rings is 1. The Morgan fingerprint density at radius 3 is 2.65 bits per heavy atom. The second kappa shape index (κ2) is 6.93. The quantitative estimate of drug-likeness (QED) is 0.816. The lowest BCUT2D eigenvalue weighted by atomic mass is 10.2. The Morgan fingerprint density at radius 2 is 2.04 bits per heavy atom. The van der Waals surface area contributed by atoms with E-state index in [0.29, 0.717) is 17.3 Å². The molecule has 0 radical (unpaired) electrons. The molecule has 1 N–H and O–H groups in total. The SMILES string of the molecule is CSc1ccc(Cn2c(C)c(C(=O)NCC3CC3)sc2=O)cc1. The van der Waals surface area contributed by atoms with Gasteiger partial charge in [-0.15, -0.1) is 11.8 Å². The summed E-state index contributed by atoms with van der Waals surface area (Å²) in [5.74, 6) is 0.515. The normalized spacial score (nSPS) is 14.0. The zero-order chi connectivity index (χ0) is 16.4. The van der Waals surface area contributed by atoms with Crippen LogP contribution in [0.5, 0.6) is 0 Å². The summed E-state index contributed by atoms with van der Waals surface area (Å²) in [6, 6.07) is 8.16. The lowest BCUT2D eigenvalue weighted by Gasteiger charge is -2.07. The molecule has 1 aromatic carbocycles. The van der Waals surface area contributed by atoms with Crippen molar-refractivity contribution >= 4 is 29.0 Å². The molecule has 0 spiro atoms. The van der Waals surface area contributed by atoms with Gasteiger partial charge in [0.2, 0.25) is 0 Å². The van der Waals surface area contributed by atoms with Gasteiger partial charge in [0.25, 0.3) is 5.91 Å². The molecule has 1 saturated carbocycles. The van der Waals surface area contributed by atoms with Crippen molar-refractivity contribution in [3.8, 4) is 0 Å². The fourth-order valence-electron chi connectivity index (χ4n) is 2.42. The van der Waals surface area contributed by atoms with Crippen LogP contribution >= 0.6 is 23.1 Å². The first-order valence-corrected chi connectivity index (χ1v) is 9.74.